The van der Waals surface area contributed by atoms with Gasteiger partial charge in [-0.3, -0.25) is 19.7 Å². The average Bonchev–Trinajstić information content (AvgIpc) is 2.43. The van der Waals surface area contributed by atoms with Crippen molar-refractivity contribution >= 4 is 29.3 Å². The summed E-state index contributed by atoms with van der Waals surface area (Å²) in [7, 11) is 0. The summed E-state index contributed by atoms with van der Waals surface area (Å²) >= 11 is 1.19. The van der Waals surface area contributed by atoms with Crippen LogP contribution >= 0.6 is 11.8 Å². The van der Waals surface area contributed by atoms with E-state index in [1.54, 1.807) is 6.26 Å². The molecule has 1 rings (SSSR count). The Morgan fingerprint density at radius 1 is 1.55 bits per heavy atom. The number of nitro groups is 1. The monoisotopic (exact) mass is 299 g/mol. The zero-order valence-electron chi connectivity index (χ0n) is 10.5. The zero-order chi connectivity index (χ0) is 15.3. The van der Waals surface area contributed by atoms with Gasteiger partial charge in [-0.2, -0.15) is 0 Å². The van der Waals surface area contributed by atoms with Crippen LogP contribution in [0.2, 0.25) is 0 Å². The Hall–Kier alpha value is -2.13. The van der Waals surface area contributed by atoms with Gasteiger partial charge in [0.15, 0.2) is 0 Å². The molecule has 1 aromatic rings. The van der Waals surface area contributed by atoms with Crippen LogP contribution in [0, 0.1) is 10.1 Å². The van der Waals surface area contributed by atoms with E-state index in [1.807, 2.05) is 0 Å². The van der Waals surface area contributed by atoms with Gasteiger partial charge in [0, 0.05) is 11.6 Å². The molecule has 2 amide bonds. The molecule has 0 heterocycles. The van der Waals surface area contributed by atoms with Gasteiger partial charge in [0.25, 0.3) is 11.6 Å². The van der Waals surface area contributed by atoms with Crippen LogP contribution in [0.3, 0.4) is 0 Å². The van der Waals surface area contributed by atoms with E-state index in [2.05, 4.69) is 5.32 Å². The Morgan fingerprint density at radius 3 is 2.70 bits per heavy atom. The Morgan fingerprint density at radius 2 is 2.20 bits per heavy atom. The van der Waals surface area contributed by atoms with Crippen LogP contribution in [-0.4, -0.2) is 40.7 Å². The van der Waals surface area contributed by atoms with E-state index in [0.29, 0.717) is 4.90 Å². The van der Waals surface area contributed by atoms with Crippen LogP contribution in [0.4, 0.5) is 5.69 Å². The lowest BCUT2D eigenvalue weighted by Gasteiger charge is -2.09. The maximum Gasteiger partial charge on any atom is 0.283 e. The minimum atomic E-state index is -1.50. The fourth-order valence-electron chi connectivity index (χ4n) is 1.37. The van der Waals surface area contributed by atoms with Crippen molar-refractivity contribution in [3.8, 4) is 0 Å². The van der Waals surface area contributed by atoms with E-state index in [-0.39, 0.29) is 17.8 Å². The smallest absolute Gasteiger partial charge is 0.283 e. The highest BCUT2D eigenvalue weighted by molar-refractivity contribution is 7.98. The molecule has 4 N–H and O–H groups in total. The van der Waals surface area contributed by atoms with E-state index in [1.165, 1.54) is 23.9 Å². The summed E-state index contributed by atoms with van der Waals surface area (Å²) in [6.07, 6.45) is 0.185. The first-order valence-electron chi connectivity index (χ1n) is 5.44. The summed E-state index contributed by atoms with van der Waals surface area (Å²) < 4.78 is 0. The SMILES string of the molecule is CSc1ccc(C(=O)NCC(O)C(N)=O)cc1[N+](=O)[O-]. The predicted molar refractivity (Wildman–Crippen MR) is 72.4 cm³/mol. The molecule has 8 nitrogen and oxygen atoms in total. The molecule has 108 valence electrons. The first-order chi connectivity index (χ1) is 9.36. The van der Waals surface area contributed by atoms with Crippen molar-refractivity contribution < 1.29 is 19.6 Å². The molecule has 0 aliphatic rings. The third-order valence-electron chi connectivity index (χ3n) is 2.42. The minimum Gasteiger partial charge on any atom is -0.381 e. The molecule has 0 aliphatic carbocycles. The molecule has 0 bridgehead atoms. The number of amides is 2. The number of nitrogens with two attached hydrogens (primary N) is 1. The van der Waals surface area contributed by atoms with E-state index in [0.717, 1.165) is 6.07 Å². The molecule has 0 aliphatic heterocycles. The standard InChI is InChI=1S/C11H13N3O5S/c1-20-9-3-2-6(4-7(9)14(18)19)11(17)13-5-8(15)10(12)16/h2-4,8,15H,5H2,1H3,(H2,12,16)(H,13,17). The fraction of sp³-hybridized carbons (Fsp3) is 0.273. The second-order valence-corrected chi connectivity index (χ2v) is 4.62. The van der Waals surface area contributed by atoms with Crippen molar-refractivity contribution in [2.24, 2.45) is 5.73 Å². The molecule has 0 radical (unpaired) electrons. The normalized spacial score (nSPS) is 11.7. The van der Waals surface area contributed by atoms with Gasteiger partial charge in [0.2, 0.25) is 5.91 Å². The lowest BCUT2D eigenvalue weighted by atomic mass is 10.2. The molecule has 0 fully saturated rings. The van der Waals surface area contributed by atoms with Crippen molar-refractivity contribution in [3.05, 3.63) is 33.9 Å². The molecule has 1 aromatic carbocycles. The van der Waals surface area contributed by atoms with E-state index >= 15 is 0 Å². The van der Waals surface area contributed by atoms with Crippen molar-refractivity contribution in [3.63, 3.8) is 0 Å². The minimum absolute atomic E-state index is 0.0613. The zero-order valence-corrected chi connectivity index (χ0v) is 11.3. The number of rotatable bonds is 6. The molecular weight excluding hydrogens is 286 g/mol. The molecule has 0 saturated carbocycles. The third-order valence-corrected chi connectivity index (χ3v) is 3.21. The van der Waals surface area contributed by atoms with Crippen molar-refractivity contribution in [2.45, 2.75) is 11.0 Å². The number of benzene rings is 1. The highest BCUT2D eigenvalue weighted by Gasteiger charge is 2.18. The Labute approximate surface area is 118 Å². The molecule has 9 heteroatoms. The number of primary amides is 1. The lowest BCUT2D eigenvalue weighted by Crippen LogP contribution is -2.39. The van der Waals surface area contributed by atoms with Gasteiger partial charge >= 0.3 is 0 Å². The van der Waals surface area contributed by atoms with E-state index in [9.17, 15) is 19.7 Å². The first-order valence-corrected chi connectivity index (χ1v) is 6.67. The number of carbonyl (C=O) groups excluding carboxylic acids is 2. The lowest BCUT2D eigenvalue weighted by molar-refractivity contribution is -0.387. The number of nitro benzene ring substituents is 1. The summed E-state index contributed by atoms with van der Waals surface area (Å²) in [6, 6.07) is 4.02. The number of thioether (sulfide) groups is 1. The maximum atomic E-state index is 11.7. The summed E-state index contributed by atoms with van der Waals surface area (Å²) in [5.41, 5.74) is 4.71. The molecule has 0 saturated heterocycles. The molecule has 20 heavy (non-hydrogen) atoms. The molecule has 1 unspecified atom stereocenters. The van der Waals surface area contributed by atoms with Crippen molar-refractivity contribution in [1.82, 2.24) is 5.32 Å². The molecule has 1 atom stereocenters. The Bertz CT molecular complexity index is 549. The number of nitrogens with one attached hydrogen (secondary N) is 1. The van der Waals surface area contributed by atoms with Crippen LogP contribution < -0.4 is 11.1 Å². The van der Waals surface area contributed by atoms with Crippen LogP contribution in [-0.2, 0) is 4.79 Å². The largest absolute Gasteiger partial charge is 0.381 e. The number of hydrogen-bond donors (Lipinski definition) is 3. The summed E-state index contributed by atoms with van der Waals surface area (Å²) in [5, 5.41) is 22.3. The van der Waals surface area contributed by atoms with Crippen LogP contribution in [0.1, 0.15) is 10.4 Å². The van der Waals surface area contributed by atoms with E-state index < -0.39 is 22.8 Å². The van der Waals surface area contributed by atoms with Crippen LogP contribution in [0.5, 0.6) is 0 Å². The highest BCUT2D eigenvalue weighted by atomic mass is 32.2. The summed E-state index contributed by atoms with van der Waals surface area (Å²) in [6.45, 7) is -0.355. The van der Waals surface area contributed by atoms with Gasteiger partial charge in [-0.1, -0.05) is 0 Å². The van der Waals surface area contributed by atoms with Crippen LogP contribution in [0.25, 0.3) is 0 Å². The van der Waals surface area contributed by atoms with Crippen molar-refractivity contribution in [2.75, 3.05) is 12.8 Å². The Kier molecular flexibility index (Phi) is 5.47. The Balaban J connectivity index is 2.86. The van der Waals surface area contributed by atoms with Gasteiger partial charge in [0.05, 0.1) is 16.4 Å². The number of nitrogens with zero attached hydrogens (tertiary/aromatic N) is 1. The summed E-state index contributed by atoms with van der Waals surface area (Å²) in [4.78, 5) is 33.1. The maximum absolute atomic E-state index is 11.7. The number of carbonyl (C=O) groups is 2. The number of hydrogen-bond acceptors (Lipinski definition) is 6. The predicted octanol–water partition coefficient (Wildman–Crippen LogP) is -0.107. The van der Waals surface area contributed by atoms with Gasteiger partial charge in [-0.25, -0.2) is 0 Å². The average molecular weight is 299 g/mol. The summed E-state index contributed by atoms with van der Waals surface area (Å²) in [5.74, 6) is -1.60. The fourth-order valence-corrected chi connectivity index (χ4v) is 1.91. The quantitative estimate of drug-likeness (QED) is 0.381. The van der Waals surface area contributed by atoms with Gasteiger partial charge in [0.1, 0.15) is 6.10 Å². The van der Waals surface area contributed by atoms with Gasteiger partial charge < -0.3 is 16.2 Å². The third kappa shape index (κ3) is 3.93. The van der Waals surface area contributed by atoms with Gasteiger partial charge in [-0.15, -0.1) is 11.8 Å². The molecular formula is C11H13N3O5S. The highest BCUT2D eigenvalue weighted by Crippen LogP contribution is 2.28. The second kappa shape index (κ2) is 6.87. The number of aliphatic hydroxyl groups excluding tert-OH is 1. The molecule has 0 spiro atoms. The van der Waals surface area contributed by atoms with Crippen LogP contribution in [0.15, 0.2) is 23.1 Å². The van der Waals surface area contributed by atoms with Gasteiger partial charge in [-0.05, 0) is 18.4 Å². The van der Waals surface area contributed by atoms with E-state index in [4.69, 9.17) is 10.8 Å². The number of aliphatic hydroxyl groups is 1. The van der Waals surface area contributed by atoms with Crippen molar-refractivity contribution in [1.29, 1.82) is 0 Å². The topological polar surface area (TPSA) is 136 Å². The first kappa shape index (κ1) is 15.9. The molecule has 0 aromatic heterocycles. The second-order valence-electron chi connectivity index (χ2n) is 3.77.